The van der Waals surface area contributed by atoms with Crippen LogP contribution in [-0.4, -0.2) is 14.7 Å². The molecule has 7 heteroatoms. The van der Waals surface area contributed by atoms with Crippen LogP contribution < -0.4 is 15.0 Å². The zero-order chi connectivity index (χ0) is 26.1. The highest BCUT2D eigenvalue weighted by molar-refractivity contribution is 9.10. The highest BCUT2D eigenvalue weighted by atomic mass is 79.9. The Hall–Kier alpha value is -3.94. The summed E-state index contributed by atoms with van der Waals surface area (Å²) in [5.41, 5.74) is 5.17. The second-order valence-electron chi connectivity index (χ2n) is 9.14. The Morgan fingerprint density at radius 2 is 1.68 bits per heavy atom. The van der Waals surface area contributed by atoms with E-state index in [1.807, 2.05) is 79.9 Å². The first kappa shape index (κ1) is 24.4. The Morgan fingerprint density at radius 3 is 2.45 bits per heavy atom. The SMILES string of the molecule is Cc1ccccc1Oc1ccc(N2C(=S)N[C@@H](c3ccccn3)[C@@H]2c2cccn2-c2cccc(Br)c2)cc1. The van der Waals surface area contributed by atoms with Gasteiger partial charge in [-0.2, -0.15) is 0 Å². The standard InChI is InChI=1S/C31H25BrN4OS/c1-21-8-2-3-13-28(21)37-25-16-14-23(15-17-25)36-30(29(34-31(36)38)26-11-4-5-18-33-26)27-12-7-19-35(27)24-10-6-9-22(32)20-24/h2-20,29-30H,1H3,(H,34,38)/t29-,30-/m0/s1. The summed E-state index contributed by atoms with van der Waals surface area (Å²) >= 11 is 9.54. The van der Waals surface area contributed by atoms with Crippen LogP contribution in [-0.2, 0) is 0 Å². The molecule has 0 saturated carbocycles. The van der Waals surface area contributed by atoms with Gasteiger partial charge >= 0.3 is 0 Å². The molecule has 5 aromatic rings. The van der Waals surface area contributed by atoms with E-state index in [0.29, 0.717) is 5.11 Å². The van der Waals surface area contributed by atoms with Crippen LogP contribution in [0, 0.1) is 6.92 Å². The largest absolute Gasteiger partial charge is 0.457 e. The number of para-hydroxylation sites is 1. The molecule has 1 aliphatic heterocycles. The Bertz CT molecular complexity index is 1590. The fourth-order valence-corrected chi connectivity index (χ4v) is 5.64. The van der Waals surface area contributed by atoms with Crippen LogP contribution in [0.5, 0.6) is 11.5 Å². The van der Waals surface area contributed by atoms with Gasteiger partial charge in [0.05, 0.1) is 11.7 Å². The molecule has 1 N–H and O–H groups in total. The minimum atomic E-state index is -0.132. The van der Waals surface area contributed by atoms with E-state index in [1.54, 1.807) is 0 Å². The molecule has 3 aromatic carbocycles. The summed E-state index contributed by atoms with van der Waals surface area (Å²) in [6, 6.07) is 34.3. The first-order valence-corrected chi connectivity index (χ1v) is 13.6. The van der Waals surface area contributed by atoms with Crippen molar-refractivity contribution in [3.05, 3.63) is 137 Å². The predicted molar refractivity (Wildman–Crippen MR) is 159 cm³/mol. The average molecular weight is 582 g/mol. The van der Waals surface area contributed by atoms with Crippen LogP contribution >= 0.6 is 28.1 Å². The van der Waals surface area contributed by atoms with Crippen molar-refractivity contribution in [3.8, 4) is 17.2 Å². The Morgan fingerprint density at radius 1 is 0.868 bits per heavy atom. The van der Waals surface area contributed by atoms with E-state index in [0.717, 1.165) is 44.3 Å². The van der Waals surface area contributed by atoms with Crippen LogP contribution in [0.4, 0.5) is 5.69 Å². The third kappa shape index (κ3) is 4.71. The van der Waals surface area contributed by atoms with Gasteiger partial charge in [-0.05, 0) is 97.5 Å². The molecule has 6 rings (SSSR count). The summed E-state index contributed by atoms with van der Waals surface area (Å²) < 4.78 is 9.38. The molecule has 3 heterocycles. The third-order valence-corrected chi connectivity index (χ3v) is 7.51. The highest BCUT2D eigenvalue weighted by Gasteiger charge is 2.42. The van der Waals surface area contributed by atoms with Crippen LogP contribution in [0.2, 0.25) is 0 Å². The van der Waals surface area contributed by atoms with E-state index in [2.05, 4.69) is 78.3 Å². The van der Waals surface area contributed by atoms with Crippen LogP contribution in [0.15, 0.2) is 120 Å². The fraction of sp³-hybridized carbons (Fsp3) is 0.0968. The second-order valence-corrected chi connectivity index (χ2v) is 10.4. The minimum absolute atomic E-state index is 0.130. The number of thiocarbonyl (C=S) groups is 1. The zero-order valence-electron chi connectivity index (χ0n) is 20.7. The van der Waals surface area contributed by atoms with Crippen LogP contribution in [0.25, 0.3) is 5.69 Å². The van der Waals surface area contributed by atoms with Crippen molar-refractivity contribution in [1.29, 1.82) is 0 Å². The molecule has 5 nitrogen and oxygen atoms in total. The number of nitrogens with one attached hydrogen (secondary N) is 1. The normalized spacial score (nSPS) is 16.9. The summed E-state index contributed by atoms with van der Waals surface area (Å²) in [7, 11) is 0. The average Bonchev–Trinajstić information content (AvgIpc) is 3.55. The quantitative estimate of drug-likeness (QED) is 0.207. The van der Waals surface area contributed by atoms with E-state index in [1.165, 1.54) is 0 Å². The van der Waals surface area contributed by atoms with E-state index in [-0.39, 0.29) is 12.1 Å². The van der Waals surface area contributed by atoms with Gasteiger partial charge in [0.25, 0.3) is 0 Å². The number of hydrogen-bond acceptors (Lipinski definition) is 3. The monoisotopic (exact) mass is 580 g/mol. The summed E-state index contributed by atoms with van der Waals surface area (Å²) in [4.78, 5) is 6.86. The molecule has 0 bridgehead atoms. The molecule has 38 heavy (non-hydrogen) atoms. The molecule has 2 aromatic heterocycles. The molecule has 0 spiro atoms. The van der Waals surface area contributed by atoms with Crippen LogP contribution in [0.3, 0.4) is 0 Å². The highest BCUT2D eigenvalue weighted by Crippen LogP contribution is 2.42. The van der Waals surface area contributed by atoms with Crippen molar-refractivity contribution < 1.29 is 4.74 Å². The molecule has 0 radical (unpaired) electrons. The summed E-state index contributed by atoms with van der Waals surface area (Å²) in [6.07, 6.45) is 3.91. The molecule has 0 amide bonds. The fourth-order valence-electron chi connectivity index (χ4n) is 4.90. The minimum Gasteiger partial charge on any atom is -0.457 e. The van der Waals surface area contributed by atoms with Gasteiger partial charge in [0, 0.05) is 33.9 Å². The number of aryl methyl sites for hydroxylation is 1. The first-order chi connectivity index (χ1) is 18.6. The number of rotatable bonds is 6. The van der Waals surface area contributed by atoms with E-state index in [9.17, 15) is 0 Å². The van der Waals surface area contributed by atoms with Gasteiger partial charge in [-0.25, -0.2) is 0 Å². The van der Waals surface area contributed by atoms with Gasteiger partial charge in [-0.15, -0.1) is 0 Å². The Kier molecular flexibility index (Phi) is 6.70. The number of ether oxygens (including phenoxy) is 1. The zero-order valence-corrected chi connectivity index (χ0v) is 23.1. The molecule has 1 fully saturated rings. The smallest absolute Gasteiger partial charge is 0.174 e. The summed E-state index contributed by atoms with van der Waals surface area (Å²) in [5, 5.41) is 4.20. The lowest BCUT2D eigenvalue weighted by Crippen LogP contribution is -2.30. The van der Waals surface area contributed by atoms with Gasteiger partial charge in [0.15, 0.2) is 5.11 Å². The molecule has 0 unspecified atom stereocenters. The number of nitrogens with zero attached hydrogens (tertiary/aromatic N) is 3. The number of anilines is 1. The Balaban J connectivity index is 1.40. The first-order valence-electron chi connectivity index (χ1n) is 12.4. The van der Waals surface area contributed by atoms with Crippen molar-refractivity contribution in [2.45, 2.75) is 19.0 Å². The van der Waals surface area contributed by atoms with Gasteiger partial charge in [-0.1, -0.05) is 46.3 Å². The molecule has 0 aliphatic carbocycles. The number of aromatic nitrogens is 2. The number of benzene rings is 3. The molecule has 188 valence electrons. The maximum Gasteiger partial charge on any atom is 0.174 e. The lowest BCUT2D eigenvalue weighted by Gasteiger charge is -2.29. The lowest BCUT2D eigenvalue weighted by molar-refractivity contribution is 0.479. The van der Waals surface area contributed by atoms with Crippen molar-refractivity contribution in [2.24, 2.45) is 0 Å². The third-order valence-electron chi connectivity index (χ3n) is 6.70. The molecular weight excluding hydrogens is 556 g/mol. The van der Waals surface area contributed by atoms with Crippen molar-refractivity contribution in [1.82, 2.24) is 14.9 Å². The van der Waals surface area contributed by atoms with Crippen molar-refractivity contribution in [3.63, 3.8) is 0 Å². The molecule has 1 saturated heterocycles. The van der Waals surface area contributed by atoms with E-state index < -0.39 is 0 Å². The van der Waals surface area contributed by atoms with Gasteiger partial charge in [-0.3, -0.25) is 4.98 Å². The molecule has 1 aliphatic rings. The molecule has 2 atom stereocenters. The van der Waals surface area contributed by atoms with Crippen LogP contribution in [0.1, 0.15) is 29.0 Å². The van der Waals surface area contributed by atoms with Crippen molar-refractivity contribution in [2.75, 3.05) is 4.90 Å². The second kappa shape index (κ2) is 10.4. The lowest BCUT2D eigenvalue weighted by atomic mass is 10.0. The Labute approximate surface area is 235 Å². The number of pyridine rings is 1. The topological polar surface area (TPSA) is 42.3 Å². The van der Waals surface area contributed by atoms with E-state index in [4.69, 9.17) is 17.0 Å². The summed E-state index contributed by atoms with van der Waals surface area (Å²) in [5.74, 6) is 1.62. The van der Waals surface area contributed by atoms with Crippen molar-refractivity contribution >= 4 is 38.9 Å². The molecular formula is C31H25BrN4OS. The van der Waals surface area contributed by atoms with Gasteiger partial charge in [0.2, 0.25) is 0 Å². The van der Waals surface area contributed by atoms with E-state index >= 15 is 0 Å². The predicted octanol–water partition coefficient (Wildman–Crippen LogP) is 7.91. The van der Waals surface area contributed by atoms with Gasteiger partial charge in [0.1, 0.15) is 17.5 Å². The maximum absolute atomic E-state index is 6.15. The number of hydrogen-bond donors (Lipinski definition) is 1. The summed E-state index contributed by atoms with van der Waals surface area (Å²) in [6.45, 7) is 2.04. The maximum atomic E-state index is 6.15. The van der Waals surface area contributed by atoms with Gasteiger partial charge < -0.3 is 19.5 Å². The number of halogens is 1.